The van der Waals surface area contributed by atoms with Crippen LogP contribution in [0, 0.1) is 0 Å². The van der Waals surface area contributed by atoms with Crippen LogP contribution in [0.4, 0.5) is 0 Å². The first kappa shape index (κ1) is 9.19. The Balaban J connectivity index is 1.95. The molecule has 2 rings (SSSR count). The van der Waals surface area contributed by atoms with Crippen LogP contribution in [-0.2, 0) is 14.2 Å². The van der Waals surface area contributed by atoms with Gasteiger partial charge in [-0.15, -0.1) is 0 Å². The van der Waals surface area contributed by atoms with Crippen LogP contribution in [-0.4, -0.2) is 25.8 Å². The van der Waals surface area contributed by atoms with Crippen molar-refractivity contribution in [1.29, 1.82) is 0 Å². The number of fused-ring (bicyclic) bond motifs is 1. The van der Waals surface area contributed by atoms with Crippen LogP contribution in [0.15, 0.2) is 12.2 Å². The van der Waals surface area contributed by atoms with E-state index in [-0.39, 0.29) is 12.2 Å². The van der Waals surface area contributed by atoms with E-state index in [4.69, 9.17) is 14.2 Å². The quantitative estimate of drug-likeness (QED) is 0.582. The zero-order valence-electron chi connectivity index (χ0n) is 7.94. The Morgan fingerprint density at radius 2 is 1.62 bits per heavy atom. The summed E-state index contributed by atoms with van der Waals surface area (Å²) in [6.07, 6.45) is 9.16. The highest BCUT2D eigenvalue weighted by Crippen LogP contribution is 2.27. The minimum Gasteiger partial charge on any atom is -0.333 e. The first-order valence-corrected chi connectivity index (χ1v) is 4.89. The van der Waals surface area contributed by atoms with Crippen molar-refractivity contribution in [3.63, 3.8) is 0 Å². The lowest BCUT2D eigenvalue weighted by Gasteiger charge is -2.16. The van der Waals surface area contributed by atoms with Gasteiger partial charge in [0.2, 0.25) is 0 Å². The molecule has 0 amide bonds. The number of rotatable bonds is 1. The Hall–Kier alpha value is -0.380. The van der Waals surface area contributed by atoms with E-state index in [0.29, 0.717) is 0 Å². The van der Waals surface area contributed by atoms with Gasteiger partial charge < -0.3 is 14.2 Å². The van der Waals surface area contributed by atoms with E-state index >= 15 is 0 Å². The molecule has 3 atom stereocenters. The summed E-state index contributed by atoms with van der Waals surface area (Å²) in [5.74, 6) is 0. The molecule has 13 heavy (non-hydrogen) atoms. The second kappa shape index (κ2) is 4.22. The van der Waals surface area contributed by atoms with Gasteiger partial charge in [-0.1, -0.05) is 12.2 Å². The van der Waals surface area contributed by atoms with E-state index in [9.17, 15) is 0 Å². The van der Waals surface area contributed by atoms with Crippen molar-refractivity contribution in [1.82, 2.24) is 0 Å². The highest BCUT2D eigenvalue weighted by Gasteiger charge is 2.35. The van der Waals surface area contributed by atoms with Gasteiger partial charge in [0, 0.05) is 7.11 Å². The fourth-order valence-electron chi connectivity index (χ4n) is 1.87. The largest absolute Gasteiger partial charge is 0.333 e. The summed E-state index contributed by atoms with van der Waals surface area (Å²) in [6.45, 7) is -0.437. The van der Waals surface area contributed by atoms with E-state index in [1.807, 2.05) is 0 Å². The first-order chi connectivity index (χ1) is 6.40. The van der Waals surface area contributed by atoms with Gasteiger partial charge in [0.1, 0.15) is 0 Å². The molecule has 1 aliphatic heterocycles. The van der Waals surface area contributed by atoms with Crippen molar-refractivity contribution in [2.24, 2.45) is 0 Å². The van der Waals surface area contributed by atoms with E-state index < -0.39 is 6.48 Å². The van der Waals surface area contributed by atoms with Crippen LogP contribution < -0.4 is 0 Å². The van der Waals surface area contributed by atoms with Gasteiger partial charge in [0.25, 0.3) is 6.48 Å². The number of hydrogen-bond acceptors (Lipinski definition) is 3. The Morgan fingerprint density at radius 3 is 2.08 bits per heavy atom. The number of hydrogen-bond donors (Lipinski definition) is 0. The molecule has 1 fully saturated rings. The van der Waals surface area contributed by atoms with Crippen LogP contribution in [0.3, 0.4) is 0 Å². The smallest absolute Gasteiger partial charge is 0.272 e. The van der Waals surface area contributed by atoms with E-state index in [2.05, 4.69) is 12.2 Å². The highest BCUT2D eigenvalue weighted by molar-refractivity contribution is 4.90. The monoisotopic (exact) mass is 184 g/mol. The predicted octanol–water partition coefficient (Wildman–Crippen LogP) is 1.83. The van der Waals surface area contributed by atoms with Crippen LogP contribution in [0.25, 0.3) is 0 Å². The molecule has 3 nitrogen and oxygen atoms in total. The van der Waals surface area contributed by atoms with Gasteiger partial charge in [0.15, 0.2) is 0 Å². The van der Waals surface area contributed by atoms with Gasteiger partial charge in [-0.05, 0) is 25.7 Å². The fraction of sp³-hybridized carbons (Fsp3) is 0.800. The van der Waals surface area contributed by atoms with Gasteiger partial charge in [-0.2, -0.15) is 0 Å². The molecule has 0 aromatic heterocycles. The lowest BCUT2D eigenvalue weighted by atomic mass is 10.0. The molecule has 0 N–H and O–H groups in total. The van der Waals surface area contributed by atoms with Gasteiger partial charge in [-0.25, -0.2) is 0 Å². The van der Waals surface area contributed by atoms with Gasteiger partial charge >= 0.3 is 0 Å². The summed E-state index contributed by atoms with van der Waals surface area (Å²) in [6, 6.07) is 0. The first-order valence-electron chi connectivity index (χ1n) is 4.89. The average molecular weight is 184 g/mol. The number of allylic oxidation sites excluding steroid dienone is 2. The molecule has 2 aliphatic rings. The summed E-state index contributed by atoms with van der Waals surface area (Å²) >= 11 is 0. The van der Waals surface area contributed by atoms with Crippen LogP contribution >= 0.6 is 0 Å². The highest BCUT2D eigenvalue weighted by atomic mass is 16.9. The SMILES string of the molecule is COC1O[C@H]2CC/C=C/CC[C@H]2O1. The lowest BCUT2D eigenvalue weighted by Crippen LogP contribution is -2.22. The van der Waals surface area contributed by atoms with Gasteiger partial charge in [-0.3, -0.25) is 0 Å². The average Bonchev–Trinajstić information content (AvgIpc) is 2.47. The topological polar surface area (TPSA) is 27.7 Å². The van der Waals surface area contributed by atoms with Crippen molar-refractivity contribution in [3.8, 4) is 0 Å². The second-order valence-electron chi connectivity index (χ2n) is 3.50. The summed E-state index contributed by atoms with van der Waals surface area (Å²) in [7, 11) is 1.61. The van der Waals surface area contributed by atoms with E-state index in [1.165, 1.54) is 0 Å². The third kappa shape index (κ3) is 2.10. The van der Waals surface area contributed by atoms with Crippen LogP contribution in [0.2, 0.25) is 0 Å². The van der Waals surface area contributed by atoms with Crippen molar-refractivity contribution in [2.75, 3.05) is 7.11 Å². The third-order valence-corrected chi connectivity index (χ3v) is 2.58. The Labute approximate surface area is 78.7 Å². The Morgan fingerprint density at radius 1 is 1.08 bits per heavy atom. The number of ether oxygens (including phenoxy) is 3. The standard InChI is InChI=1S/C10H16O3/c1-11-10-12-8-6-4-2-3-5-7-9(8)13-10/h2-3,8-10H,4-7H2,1H3/b3-2+/t8-,9+,10?. The Bertz CT molecular complexity index is 173. The minimum atomic E-state index is -0.437. The molecular weight excluding hydrogens is 168 g/mol. The lowest BCUT2D eigenvalue weighted by molar-refractivity contribution is -0.228. The maximum Gasteiger partial charge on any atom is 0.272 e. The van der Waals surface area contributed by atoms with Crippen molar-refractivity contribution in [2.45, 2.75) is 44.4 Å². The third-order valence-electron chi connectivity index (χ3n) is 2.58. The molecule has 0 radical (unpaired) electrons. The molecular formula is C10H16O3. The second-order valence-corrected chi connectivity index (χ2v) is 3.50. The van der Waals surface area contributed by atoms with Crippen molar-refractivity contribution in [3.05, 3.63) is 12.2 Å². The van der Waals surface area contributed by atoms with Crippen LogP contribution in [0.1, 0.15) is 25.7 Å². The zero-order valence-corrected chi connectivity index (χ0v) is 7.94. The summed E-state index contributed by atoms with van der Waals surface area (Å²) < 4.78 is 16.2. The molecule has 0 spiro atoms. The van der Waals surface area contributed by atoms with E-state index in [1.54, 1.807) is 7.11 Å². The predicted molar refractivity (Wildman–Crippen MR) is 48.2 cm³/mol. The number of methoxy groups -OCH3 is 1. The summed E-state index contributed by atoms with van der Waals surface area (Å²) in [5, 5.41) is 0. The molecule has 0 bridgehead atoms. The maximum atomic E-state index is 5.57. The van der Waals surface area contributed by atoms with Crippen LogP contribution in [0.5, 0.6) is 0 Å². The zero-order chi connectivity index (χ0) is 9.10. The molecule has 0 saturated carbocycles. The fourth-order valence-corrected chi connectivity index (χ4v) is 1.87. The van der Waals surface area contributed by atoms with Gasteiger partial charge in [0.05, 0.1) is 12.2 Å². The van der Waals surface area contributed by atoms with Crippen molar-refractivity contribution >= 4 is 0 Å². The Kier molecular flexibility index (Phi) is 2.98. The molecule has 1 saturated heterocycles. The van der Waals surface area contributed by atoms with Crippen molar-refractivity contribution < 1.29 is 14.2 Å². The molecule has 1 aliphatic carbocycles. The summed E-state index contributed by atoms with van der Waals surface area (Å²) in [5.41, 5.74) is 0. The molecule has 0 aromatic rings. The van der Waals surface area contributed by atoms with E-state index in [0.717, 1.165) is 25.7 Å². The normalized spacial score (nSPS) is 42.1. The minimum absolute atomic E-state index is 0.231. The molecule has 1 unspecified atom stereocenters. The maximum absolute atomic E-state index is 5.57. The molecule has 74 valence electrons. The molecule has 1 heterocycles. The summed E-state index contributed by atoms with van der Waals surface area (Å²) in [4.78, 5) is 0. The molecule has 0 aromatic carbocycles. The molecule has 3 heteroatoms.